The first-order valence-corrected chi connectivity index (χ1v) is 4.74. The van der Waals surface area contributed by atoms with Gasteiger partial charge in [0.25, 0.3) is 0 Å². The Balaban J connectivity index is 1.85. The van der Waals surface area contributed by atoms with Gasteiger partial charge in [-0.15, -0.1) is 0 Å². The van der Waals surface area contributed by atoms with Gasteiger partial charge in [0.2, 0.25) is 0 Å². The number of nitrogens with one attached hydrogen (secondary N) is 1. The van der Waals surface area contributed by atoms with E-state index in [2.05, 4.69) is 5.32 Å². The van der Waals surface area contributed by atoms with Crippen molar-refractivity contribution < 1.29 is 4.39 Å². The fraction of sp³-hybridized carbons (Fsp3) is 1.00. The standard InChI is InChI=1S/C9H16FN/c10-8-5-9(11-6-8)7-3-1-2-4-7/h7-9,11H,1-6H2. The topological polar surface area (TPSA) is 12.0 Å². The van der Waals surface area contributed by atoms with Crippen LogP contribution in [-0.4, -0.2) is 18.8 Å². The van der Waals surface area contributed by atoms with Crippen LogP contribution in [0.5, 0.6) is 0 Å². The van der Waals surface area contributed by atoms with E-state index in [1.807, 2.05) is 0 Å². The van der Waals surface area contributed by atoms with Gasteiger partial charge in [-0.2, -0.15) is 0 Å². The van der Waals surface area contributed by atoms with Crippen LogP contribution in [0.15, 0.2) is 0 Å². The predicted octanol–water partition coefficient (Wildman–Crippen LogP) is 1.88. The largest absolute Gasteiger partial charge is 0.311 e. The fourth-order valence-electron chi connectivity index (χ4n) is 2.44. The Morgan fingerprint density at radius 2 is 1.91 bits per heavy atom. The molecule has 1 saturated carbocycles. The van der Waals surface area contributed by atoms with Crippen molar-refractivity contribution in [2.75, 3.05) is 6.54 Å². The van der Waals surface area contributed by atoms with E-state index < -0.39 is 6.17 Å². The molecule has 0 bridgehead atoms. The minimum absolute atomic E-state index is 0.507. The Morgan fingerprint density at radius 1 is 1.18 bits per heavy atom. The van der Waals surface area contributed by atoms with Crippen molar-refractivity contribution in [2.45, 2.75) is 44.3 Å². The predicted molar refractivity (Wildman–Crippen MR) is 43.3 cm³/mol. The number of alkyl halides is 1. The molecule has 2 atom stereocenters. The second kappa shape index (κ2) is 3.10. The summed E-state index contributed by atoms with van der Waals surface area (Å²) in [5, 5.41) is 3.27. The summed E-state index contributed by atoms with van der Waals surface area (Å²) < 4.78 is 12.8. The van der Waals surface area contributed by atoms with E-state index in [0.29, 0.717) is 12.6 Å². The highest BCUT2D eigenvalue weighted by molar-refractivity contribution is 4.88. The molecule has 2 fully saturated rings. The third kappa shape index (κ3) is 1.56. The van der Waals surface area contributed by atoms with E-state index in [4.69, 9.17) is 0 Å². The molecule has 2 unspecified atom stereocenters. The Morgan fingerprint density at radius 3 is 2.45 bits per heavy atom. The highest BCUT2D eigenvalue weighted by Crippen LogP contribution is 2.31. The average Bonchev–Trinajstić information content (AvgIpc) is 2.55. The van der Waals surface area contributed by atoms with E-state index in [-0.39, 0.29) is 0 Å². The third-order valence-electron chi connectivity index (χ3n) is 3.08. The zero-order valence-electron chi connectivity index (χ0n) is 6.85. The second-order valence-corrected chi connectivity index (χ2v) is 3.89. The molecule has 0 radical (unpaired) electrons. The highest BCUT2D eigenvalue weighted by atomic mass is 19.1. The third-order valence-corrected chi connectivity index (χ3v) is 3.08. The van der Waals surface area contributed by atoms with Crippen LogP contribution in [0, 0.1) is 5.92 Å². The minimum atomic E-state index is -0.569. The molecule has 0 amide bonds. The Hall–Kier alpha value is -0.110. The van der Waals surface area contributed by atoms with Crippen LogP contribution in [-0.2, 0) is 0 Å². The lowest BCUT2D eigenvalue weighted by Crippen LogP contribution is -2.28. The molecule has 1 aliphatic heterocycles. The summed E-state index contributed by atoms with van der Waals surface area (Å²) in [7, 11) is 0. The van der Waals surface area contributed by atoms with Gasteiger partial charge in [0.05, 0.1) is 0 Å². The fourth-order valence-corrected chi connectivity index (χ4v) is 2.44. The number of hydrogen-bond donors (Lipinski definition) is 1. The van der Waals surface area contributed by atoms with E-state index in [9.17, 15) is 4.39 Å². The summed E-state index contributed by atoms with van der Waals surface area (Å²) in [5.41, 5.74) is 0. The maximum Gasteiger partial charge on any atom is 0.114 e. The van der Waals surface area contributed by atoms with Gasteiger partial charge < -0.3 is 5.32 Å². The summed E-state index contributed by atoms with van der Waals surface area (Å²) in [5.74, 6) is 0.788. The lowest BCUT2D eigenvalue weighted by atomic mass is 9.97. The van der Waals surface area contributed by atoms with E-state index in [0.717, 1.165) is 12.3 Å². The summed E-state index contributed by atoms with van der Waals surface area (Å²) >= 11 is 0. The summed E-state index contributed by atoms with van der Waals surface area (Å²) in [6, 6.07) is 0.507. The van der Waals surface area contributed by atoms with Gasteiger partial charge in [-0.3, -0.25) is 0 Å². The molecule has 0 aromatic carbocycles. The van der Waals surface area contributed by atoms with Crippen LogP contribution in [0.1, 0.15) is 32.1 Å². The molecular weight excluding hydrogens is 141 g/mol. The molecule has 0 spiro atoms. The van der Waals surface area contributed by atoms with Crippen molar-refractivity contribution in [3.8, 4) is 0 Å². The molecule has 1 aliphatic carbocycles. The quantitative estimate of drug-likeness (QED) is 0.612. The van der Waals surface area contributed by atoms with Crippen LogP contribution in [0.3, 0.4) is 0 Å². The Labute approximate surface area is 67.4 Å². The molecule has 1 N–H and O–H groups in total. The zero-order valence-corrected chi connectivity index (χ0v) is 6.85. The Bertz CT molecular complexity index is 132. The van der Waals surface area contributed by atoms with Crippen LogP contribution in [0.2, 0.25) is 0 Å². The van der Waals surface area contributed by atoms with Gasteiger partial charge in [-0.25, -0.2) is 4.39 Å². The molecule has 1 nitrogen and oxygen atoms in total. The smallest absolute Gasteiger partial charge is 0.114 e. The van der Waals surface area contributed by atoms with Crippen LogP contribution in [0.4, 0.5) is 4.39 Å². The van der Waals surface area contributed by atoms with Gasteiger partial charge in [0, 0.05) is 12.6 Å². The molecule has 0 aromatic rings. The number of halogens is 1. The van der Waals surface area contributed by atoms with Gasteiger partial charge in [0.1, 0.15) is 6.17 Å². The molecular formula is C9H16FN. The van der Waals surface area contributed by atoms with Gasteiger partial charge in [-0.05, 0) is 25.2 Å². The molecule has 2 rings (SSSR count). The maximum absolute atomic E-state index is 12.8. The molecule has 11 heavy (non-hydrogen) atoms. The first-order valence-electron chi connectivity index (χ1n) is 4.74. The first-order chi connectivity index (χ1) is 5.36. The average molecular weight is 157 g/mol. The first kappa shape index (κ1) is 7.53. The molecule has 2 aliphatic rings. The monoisotopic (exact) mass is 157 g/mol. The van der Waals surface area contributed by atoms with E-state index >= 15 is 0 Å². The lowest BCUT2D eigenvalue weighted by Gasteiger charge is -2.16. The van der Waals surface area contributed by atoms with Crippen molar-refractivity contribution in [1.82, 2.24) is 5.32 Å². The number of hydrogen-bond acceptors (Lipinski definition) is 1. The van der Waals surface area contributed by atoms with Crippen LogP contribution >= 0.6 is 0 Å². The Kier molecular flexibility index (Phi) is 2.12. The van der Waals surface area contributed by atoms with E-state index in [1.165, 1.54) is 25.7 Å². The summed E-state index contributed by atoms with van der Waals surface area (Å²) in [4.78, 5) is 0. The van der Waals surface area contributed by atoms with Crippen molar-refractivity contribution in [3.63, 3.8) is 0 Å². The normalized spacial score (nSPS) is 40.1. The van der Waals surface area contributed by atoms with Crippen LogP contribution < -0.4 is 5.32 Å². The highest BCUT2D eigenvalue weighted by Gasteiger charge is 2.31. The van der Waals surface area contributed by atoms with Crippen molar-refractivity contribution in [1.29, 1.82) is 0 Å². The van der Waals surface area contributed by atoms with Gasteiger partial charge in [-0.1, -0.05) is 12.8 Å². The van der Waals surface area contributed by atoms with Crippen molar-refractivity contribution >= 4 is 0 Å². The zero-order chi connectivity index (χ0) is 7.68. The maximum atomic E-state index is 12.8. The van der Waals surface area contributed by atoms with E-state index in [1.54, 1.807) is 0 Å². The van der Waals surface area contributed by atoms with Crippen LogP contribution in [0.25, 0.3) is 0 Å². The minimum Gasteiger partial charge on any atom is -0.311 e. The van der Waals surface area contributed by atoms with Crippen molar-refractivity contribution in [2.24, 2.45) is 5.92 Å². The van der Waals surface area contributed by atoms with Gasteiger partial charge in [0.15, 0.2) is 0 Å². The molecule has 2 heteroatoms. The summed E-state index contributed by atoms with van der Waals surface area (Å²) in [6.45, 7) is 0.598. The SMILES string of the molecule is FC1CNC(C2CCCC2)C1. The van der Waals surface area contributed by atoms with Gasteiger partial charge >= 0.3 is 0 Å². The lowest BCUT2D eigenvalue weighted by molar-refractivity contribution is 0.334. The van der Waals surface area contributed by atoms with Crippen molar-refractivity contribution in [3.05, 3.63) is 0 Å². The molecule has 0 aromatic heterocycles. The molecule has 64 valence electrons. The number of rotatable bonds is 1. The molecule has 1 heterocycles. The second-order valence-electron chi connectivity index (χ2n) is 3.89. The summed E-state index contributed by atoms with van der Waals surface area (Å²) in [6.07, 6.45) is 5.57. The molecule has 1 saturated heterocycles.